The number of thiophene rings is 1. The molecule has 1 heterocycles. The Hall–Kier alpha value is -1.35. The molecule has 21 heavy (non-hydrogen) atoms. The normalized spacial score (nSPS) is 13.3. The third-order valence-corrected chi connectivity index (χ3v) is 5.28. The highest BCUT2D eigenvalue weighted by atomic mass is 32.2. The van der Waals surface area contributed by atoms with Gasteiger partial charge < -0.3 is 5.73 Å². The first-order valence-corrected chi connectivity index (χ1v) is 8.50. The maximum absolute atomic E-state index is 14.1. The summed E-state index contributed by atoms with van der Waals surface area (Å²) in [5.41, 5.74) is 5.57. The Bertz CT molecular complexity index is 731. The van der Waals surface area contributed by atoms with E-state index in [-0.39, 0.29) is 0 Å². The molecule has 1 atom stereocenters. The maximum atomic E-state index is 14.1. The van der Waals surface area contributed by atoms with E-state index in [2.05, 4.69) is 4.72 Å². The van der Waals surface area contributed by atoms with Gasteiger partial charge in [-0.1, -0.05) is 0 Å². The molecule has 0 saturated carbocycles. The molecule has 0 amide bonds. The number of nitrogens with two attached hydrogens (primary N) is 1. The highest BCUT2D eigenvalue weighted by Crippen LogP contribution is 2.23. The molecule has 1 aromatic carbocycles. The van der Waals surface area contributed by atoms with Crippen LogP contribution in [0.25, 0.3) is 0 Å². The van der Waals surface area contributed by atoms with Crippen molar-refractivity contribution in [1.82, 2.24) is 4.72 Å². The van der Waals surface area contributed by atoms with Gasteiger partial charge in [0.05, 0.1) is 0 Å². The van der Waals surface area contributed by atoms with Gasteiger partial charge in [-0.25, -0.2) is 21.9 Å². The van der Waals surface area contributed by atoms with E-state index in [0.717, 1.165) is 17.7 Å². The van der Waals surface area contributed by atoms with Crippen molar-refractivity contribution in [3.05, 3.63) is 51.7 Å². The molecule has 3 N–H and O–H groups in total. The molecule has 0 fully saturated rings. The molecule has 0 aliphatic heterocycles. The number of hydrogen-bond donors (Lipinski definition) is 2. The van der Waals surface area contributed by atoms with E-state index in [1.807, 2.05) is 5.38 Å². The maximum Gasteiger partial charge on any atom is 0.244 e. The van der Waals surface area contributed by atoms with Gasteiger partial charge >= 0.3 is 0 Å². The van der Waals surface area contributed by atoms with Gasteiger partial charge in [-0.05, 0) is 41.4 Å². The first-order valence-electron chi connectivity index (χ1n) is 6.08. The number of rotatable bonds is 5. The molecule has 2 aromatic rings. The van der Waals surface area contributed by atoms with Gasteiger partial charge in [-0.15, -0.1) is 0 Å². The standard InChI is InChI=1S/C13H14F2N2O2S2/c1-8(9-4-5-20-7-9)17-21(18,19)12-3-2-11(14)10(6-16)13(12)15/h2-5,7-8,17H,6,16H2,1H3. The van der Waals surface area contributed by atoms with Crippen LogP contribution >= 0.6 is 11.3 Å². The van der Waals surface area contributed by atoms with Crippen molar-refractivity contribution < 1.29 is 17.2 Å². The third-order valence-electron chi connectivity index (χ3n) is 3.02. The second-order valence-electron chi connectivity index (χ2n) is 4.44. The number of hydrogen-bond acceptors (Lipinski definition) is 4. The van der Waals surface area contributed by atoms with E-state index in [9.17, 15) is 17.2 Å². The summed E-state index contributed by atoms with van der Waals surface area (Å²) in [6.07, 6.45) is 0. The molecule has 0 radical (unpaired) electrons. The molecule has 0 aliphatic carbocycles. The Labute approximate surface area is 125 Å². The molecule has 114 valence electrons. The Morgan fingerprint density at radius 1 is 1.33 bits per heavy atom. The van der Waals surface area contributed by atoms with Crippen molar-refractivity contribution in [2.45, 2.75) is 24.4 Å². The quantitative estimate of drug-likeness (QED) is 0.884. The molecular formula is C13H14F2N2O2S2. The predicted octanol–water partition coefficient (Wildman–Crippen LogP) is 2.52. The summed E-state index contributed by atoms with van der Waals surface area (Å²) in [7, 11) is -4.11. The molecule has 2 rings (SSSR count). The van der Waals surface area contributed by atoms with Crippen LogP contribution in [0.1, 0.15) is 24.1 Å². The van der Waals surface area contributed by atoms with Crippen molar-refractivity contribution in [2.24, 2.45) is 5.73 Å². The van der Waals surface area contributed by atoms with Crippen LogP contribution in [0.4, 0.5) is 8.78 Å². The second-order valence-corrected chi connectivity index (χ2v) is 6.90. The van der Waals surface area contributed by atoms with Gasteiger partial charge in [0.25, 0.3) is 0 Å². The van der Waals surface area contributed by atoms with Gasteiger partial charge in [0.2, 0.25) is 10.0 Å². The minimum atomic E-state index is -4.11. The average molecular weight is 332 g/mol. The van der Waals surface area contributed by atoms with Crippen molar-refractivity contribution >= 4 is 21.4 Å². The summed E-state index contributed by atoms with van der Waals surface area (Å²) in [5, 5.41) is 3.60. The van der Waals surface area contributed by atoms with Crippen LogP contribution in [0.2, 0.25) is 0 Å². The molecule has 0 spiro atoms. The van der Waals surface area contributed by atoms with Gasteiger partial charge in [0.1, 0.15) is 10.7 Å². The topological polar surface area (TPSA) is 72.2 Å². The molecule has 8 heteroatoms. The largest absolute Gasteiger partial charge is 0.326 e. The monoisotopic (exact) mass is 332 g/mol. The fourth-order valence-electron chi connectivity index (χ4n) is 1.86. The summed E-state index contributed by atoms with van der Waals surface area (Å²) in [6, 6.07) is 3.04. The van der Waals surface area contributed by atoms with Crippen LogP contribution in [0.3, 0.4) is 0 Å². The van der Waals surface area contributed by atoms with Crippen LogP contribution in [0.15, 0.2) is 33.9 Å². The lowest BCUT2D eigenvalue weighted by Crippen LogP contribution is -2.28. The highest BCUT2D eigenvalue weighted by molar-refractivity contribution is 7.89. The smallest absolute Gasteiger partial charge is 0.244 e. The van der Waals surface area contributed by atoms with Crippen LogP contribution in [0.5, 0.6) is 0 Å². The van der Waals surface area contributed by atoms with Crippen molar-refractivity contribution in [2.75, 3.05) is 0 Å². The number of sulfonamides is 1. The van der Waals surface area contributed by atoms with Gasteiger partial charge in [0.15, 0.2) is 5.82 Å². The lowest BCUT2D eigenvalue weighted by Gasteiger charge is -2.14. The van der Waals surface area contributed by atoms with E-state index in [1.165, 1.54) is 11.3 Å². The lowest BCUT2D eigenvalue weighted by atomic mass is 10.2. The fourth-order valence-corrected chi connectivity index (χ4v) is 3.95. The third kappa shape index (κ3) is 3.29. The summed E-state index contributed by atoms with van der Waals surface area (Å²) < 4.78 is 54.3. The van der Waals surface area contributed by atoms with E-state index < -0.39 is 44.7 Å². The van der Waals surface area contributed by atoms with E-state index in [0.29, 0.717) is 0 Å². The first-order chi connectivity index (χ1) is 9.86. The van der Waals surface area contributed by atoms with Crippen molar-refractivity contribution in [1.29, 1.82) is 0 Å². The fraction of sp³-hybridized carbons (Fsp3) is 0.231. The first kappa shape index (κ1) is 16.0. The molecule has 0 saturated heterocycles. The van der Waals surface area contributed by atoms with Gasteiger partial charge in [-0.2, -0.15) is 11.3 Å². The summed E-state index contributed by atoms with van der Waals surface area (Å²) in [6.45, 7) is 1.23. The zero-order valence-electron chi connectivity index (χ0n) is 11.1. The Kier molecular flexibility index (Phi) is 4.72. The minimum Gasteiger partial charge on any atom is -0.326 e. The van der Waals surface area contributed by atoms with Crippen LogP contribution in [-0.4, -0.2) is 8.42 Å². The summed E-state index contributed by atoms with van der Waals surface area (Å²) >= 11 is 1.43. The molecule has 1 aromatic heterocycles. The molecule has 4 nitrogen and oxygen atoms in total. The zero-order valence-corrected chi connectivity index (χ0v) is 12.8. The Morgan fingerprint density at radius 2 is 2.05 bits per heavy atom. The molecule has 0 bridgehead atoms. The van der Waals surface area contributed by atoms with E-state index in [1.54, 1.807) is 18.4 Å². The SMILES string of the molecule is CC(NS(=O)(=O)c1ccc(F)c(CN)c1F)c1ccsc1. The van der Waals surface area contributed by atoms with Crippen LogP contribution < -0.4 is 10.5 Å². The lowest BCUT2D eigenvalue weighted by molar-refractivity contribution is 0.521. The molecular weight excluding hydrogens is 318 g/mol. The van der Waals surface area contributed by atoms with Crippen molar-refractivity contribution in [3.8, 4) is 0 Å². The summed E-state index contributed by atoms with van der Waals surface area (Å²) in [5.74, 6) is -2.01. The molecule has 0 aliphatic rings. The van der Waals surface area contributed by atoms with E-state index >= 15 is 0 Å². The Balaban J connectivity index is 2.36. The Morgan fingerprint density at radius 3 is 2.62 bits per heavy atom. The number of nitrogens with one attached hydrogen (secondary N) is 1. The highest BCUT2D eigenvalue weighted by Gasteiger charge is 2.25. The van der Waals surface area contributed by atoms with Crippen molar-refractivity contribution in [3.63, 3.8) is 0 Å². The number of halogens is 2. The van der Waals surface area contributed by atoms with Crippen LogP contribution in [-0.2, 0) is 16.6 Å². The van der Waals surface area contributed by atoms with Gasteiger partial charge in [0, 0.05) is 18.2 Å². The number of benzene rings is 1. The van der Waals surface area contributed by atoms with Crippen LogP contribution in [0, 0.1) is 11.6 Å². The average Bonchev–Trinajstić information content (AvgIpc) is 2.92. The summed E-state index contributed by atoms with van der Waals surface area (Å²) in [4.78, 5) is -0.605. The second kappa shape index (κ2) is 6.18. The minimum absolute atomic E-state index is 0.416. The van der Waals surface area contributed by atoms with Gasteiger partial charge in [-0.3, -0.25) is 0 Å². The molecule has 1 unspecified atom stereocenters. The van der Waals surface area contributed by atoms with E-state index in [4.69, 9.17) is 5.73 Å². The predicted molar refractivity (Wildman–Crippen MR) is 77.3 cm³/mol. The zero-order chi connectivity index (χ0) is 15.6.